The van der Waals surface area contributed by atoms with Crippen LogP contribution in [0.2, 0.25) is 0 Å². The predicted molar refractivity (Wildman–Crippen MR) is 120 cm³/mol. The standard InChI is InChI=1S/C24H21N3O4/c1-2-31-24(30)26-22(25)17-11-10-16-12-21(23(28)29)27(20(16)13-17)14-18-8-5-7-15-6-3-4-9-19(15)18/h3-13H,2,14H2,1H3,(H,28,29)(H2,25,26,30). The molecule has 3 aromatic carbocycles. The fourth-order valence-electron chi connectivity index (χ4n) is 3.68. The molecule has 0 bridgehead atoms. The summed E-state index contributed by atoms with van der Waals surface area (Å²) in [5.74, 6) is -1.01. The van der Waals surface area contributed by atoms with Crippen LogP contribution in [-0.4, -0.2) is 34.2 Å². The Kier molecular flexibility index (Phi) is 5.41. The number of ether oxygens (including phenoxy) is 1. The second kappa shape index (κ2) is 8.31. The van der Waals surface area contributed by atoms with E-state index in [9.17, 15) is 14.7 Å². The third-order valence-corrected chi connectivity index (χ3v) is 5.11. The average molecular weight is 415 g/mol. The van der Waals surface area contributed by atoms with E-state index in [0.717, 1.165) is 21.7 Å². The SMILES string of the molecule is CCOC(=O)/N=C(\N)c1ccc2cc(C(=O)O)n(Cc3cccc4ccccc34)c2c1. The first kappa shape index (κ1) is 20.2. The maximum atomic E-state index is 12.0. The minimum atomic E-state index is -1.02. The molecule has 0 atom stereocenters. The molecule has 1 aromatic heterocycles. The number of fused-ring (bicyclic) bond motifs is 2. The first-order chi connectivity index (χ1) is 15.0. The van der Waals surface area contributed by atoms with Crippen LogP contribution in [-0.2, 0) is 11.3 Å². The number of carbonyl (C=O) groups is 2. The molecule has 7 nitrogen and oxygen atoms in total. The number of nitrogens with two attached hydrogens (primary N) is 1. The average Bonchev–Trinajstić information content (AvgIpc) is 3.12. The number of carbonyl (C=O) groups excluding carboxylic acids is 1. The molecule has 0 saturated carbocycles. The molecular weight excluding hydrogens is 394 g/mol. The van der Waals surface area contributed by atoms with Gasteiger partial charge in [0.1, 0.15) is 11.5 Å². The van der Waals surface area contributed by atoms with E-state index in [0.29, 0.717) is 17.6 Å². The maximum absolute atomic E-state index is 12.0. The highest BCUT2D eigenvalue weighted by atomic mass is 16.5. The van der Waals surface area contributed by atoms with E-state index in [2.05, 4.69) is 4.99 Å². The van der Waals surface area contributed by atoms with E-state index in [1.54, 1.807) is 35.8 Å². The van der Waals surface area contributed by atoms with Gasteiger partial charge >= 0.3 is 12.1 Å². The molecule has 4 rings (SSSR count). The fraction of sp³-hybridized carbons (Fsp3) is 0.125. The molecule has 0 aliphatic carbocycles. The summed E-state index contributed by atoms with van der Waals surface area (Å²) in [5.41, 5.74) is 8.34. The van der Waals surface area contributed by atoms with Crippen molar-refractivity contribution >= 4 is 39.6 Å². The van der Waals surface area contributed by atoms with Gasteiger partial charge in [-0.3, -0.25) is 0 Å². The Morgan fingerprint density at radius 1 is 1.03 bits per heavy atom. The monoisotopic (exact) mass is 415 g/mol. The highest BCUT2D eigenvalue weighted by Crippen LogP contribution is 2.26. The number of nitrogens with zero attached hydrogens (tertiary/aromatic N) is 2. The van der Waals surface area contributed by atoms with Crippen LogP contribution in [0.25, 0.3) is 21.7 Å². The van der Waals surface area contributed by atoms with Crippen LogP contribution in [0.4, 0.5) is 4.79 Å². The second-order valence-corrected chi connectivity index (χ2v) is 7.03. The Balaban J connectivity index is 1.84. The number of amidine groups is 1. The summed E-state index contributed by atoms with van der Waals surface area (Å²) >= 11 is 0. The van der Waals surface area contributed by atoms with Gasteiger partial charge < -0.3 is 20.1 Å². The summed E-state index contributed by atoms with van der Waals surface area (Å²) in [6.45, 7) is 2.25. The van der Waals surface area contributed by atoms with E-state index in [-0.39, 0.29) is 18.1 Å². The van der Waals surface area contributed by atoms with Crippen LogP contribution in [0, 0.1) is 0 Å². The molecule has 156 valence electrons. The zero-order valence-electron chi connectivity index (χ0n) is 16.9. The van der Waals surface area contributed by atoms with Crippen molar-refractivity contribution < 1.29 is 19.4 Å². The maximum Gasteiger partial charge on any atom is 0.435 e. The van der Waals surface area contributed by atoms with Gasteiger partial charge in [-0.15, -0.1) is 0 Å². The zero-order chi connectivity index (χ0) is 22.0. The van der Waals surface area contributed by atoms with Gasteiger partial charge in [-0.05, 0) is 35.4 Å². The van der Waals surface area contributed by atoms with Gasteiger partial charge in [-0.2, -0.15) is 4.99 Å². The van der Waals surface area contributed by atoms with E-state index < -0.39 is 12.1 Å². The number of aromatic carboxylic acids is 1. The molecule has 31 heavy (non-hydrogen) atoms. The lowest BCUT2D eigenvalue weighted by Crippen LogP contribution is -2.16. The number of hydrogen-bond acceptors (Lipinski definition) is 3. The van der Waals surface area contributed by atoms with Crippen LogP contribution >= 0.6 is 0 Å². The fourth-order valence-corrected chi connectivity index (χ4v) is 3.68. The van der Waals surface area contributed by atoms with Gasteiger partial charge in [0.05, 0.1) is 6.61 Å². The van der Waals surface area contributed by atoms with Crippen molar-refractivity contribution in [3.63, 3.8) is 0 Å². The summed E-state index contributed by atoms with van der Waals surface area (Å²) in [6.07, 6.45) is -0.766. The molecule has 0 aliphatic rings. The molecule has 0 fully saturated rings. The topological polar surface area (TPSA) is 107 Å². The quantitative estimate of drug-likeness (QED) is 0.371. The molecule has 3 N–H and O–H groups in total. The van der Waals surface area contributed by atoms with Gasteiger partial charge in [0, 0.05) is 23.0 Å². The molecule has 0 saturated heterocycles. The number of aromatic nitrogens is 1. The van der Waals surface area contributed by atoms with Crippen LogP contribution < -0.4 is 5.73 Å². The summed E-state index contributed by atoms with van der Waals surface area (Å²) in [6, 6.07) is 20.8. The van der Waals surface area contributed by atoms with Crippen molar-refractivity contribution in [1.82, 2.24) is 4.57 Å². The summed E-state index contributed by atoms with van der Waals surface area (Å²) in [4.78, 5) is 27.3. The number of benzene rings is 3. The number of carboxylic acid groups (broad SMARTS) is 1. The van der Waals surface area contributed by atoms with Crippen LogP contribution in [0.3, 0.4) is 0 Å². The highest BCUT2D eigenvalue weighted by Gasteiger charge is 2.17. The number of carboxylic acids is 1. The first-order valence-electron chi connectivity index (χ1n) is 9.82. The Bertz CT molecular complexity index is 1330. The van der Waals surface area contributed by atoms with Crippen LogP contribution in [0.5, 0.6) is 0 Å². The summed E-state index contributed by atoms with van der Waals surface area (Å²) in [7, 11) is 0. The van der Waals surface area contributed by atoms with E-state index in [1.165, 1.54) is 0 Å². The van der Waals surface area contributed by atoms with E-state index >= 15 is 0 Å². The lowest BCUT2D eigenvalue weighted by atomic mass is 10.0. The number of rotatable bonds is 5. The van der Waals surface area contributed by atoms with Crippen molar-refractivity contribution in [3.8, 4) is 0 Å². The van der Waals surface area contributed by atoms with Crippen LogP contribution in [0.15, 0.2) is 71.7 Å². The second-order valence-electron chi connectivity index (χ2n) is 7.03. The molecule has 1 amide bonds. The van der Waals surface area contributed by atoms with Gasteiger partial charge in [0.2, 0.25) is 0 Å². The van der Waals surface area contributed by atoms with Gasteiger partial charge in [-0.1, -0.05) is 54.6 Å². The lowest BCUT2D eigenvalue weighted by Gasteiger charge is -2.12. The summed E-state index contributed by atoms with van der Waals surface area (Å²) in [5, 5.41) is 12.7. The van der Waals surface area contributed by atoms with E-state index in [4.69, 9.17) is 10.5 Å². The molecule has 0 aliphatic heterocycles. The van der Waals surface area contributed by atoms with Gasteiger partial charge in [0.25, 0.3) is 0 Å². The molecular formula is C24H21N3O4. The normalized spacial score (nSPS) is 11.7. The van der Waals surface area contributed by atoms with Gasteiger partial charge in [0.15, 0.2) is 0 Å². The van der Waals surface area contributed by atoms with Crippen molar-refractivity contribution in [2.45, 2.75) is 13.5 Å². The van der Waals surface area contributed by atoms with Crippen molar-refractivity contribution in [2.24, 2.45) is 10.7 Å². The smallest absolute Gasteiger partial charge is 0.435 e. The predicted octanol–water partition coefficient (Wildman–Crippen LogP) is 4.40. The molecule has 1 heterocycles. The Labute approximate surface area is 178 Å². The molecule has 4 aromatic rings. The summed E-state index contributed by atoms with van der Waals surface area (Å²) < 4.78 is 6.55. The molecule has 0 radical (unpaired) electrons. The Morgan fingerprint density at radius 3 is 2.58 bits per heavy atom. The Morgan fingerprint density at radius 2 is 1.81 bits per heavy atom. The largest absolute Gasteiger partial charge is 0.477 e. The Hall–Kier alpha value is -4.13. The van der Waals surface area contributed by atoms with Crippen molar-refractivity contribution in [3.05, 3.63) is 83.6 Å². The number of aliphatic imine (C=N–C) groups is 1. The van der Waals surface area contributed by atoms with Gasteiger partial charge in [-0.25, -0.2) is 9.59 Å². The molecule has 0 spiro atoms. The lowest BCUT2D eigenvalue weighted by molar-refractivity contribution is 0.0686. The minimum Gasteiger partial charge on any atom is -0.477 e. The third-order valence-electron chi connectivity index (χ3n) is 5.11. The minimum absolute atomic E-state index is 0.00939. The highest BCUT2D eigenvalue weighted by molar-refractivity contribution is 6.05. The number of hydrogen-bond donors (Lipinski definition) is 2. The number of amides is 1. The van der Waals surface area contributed by atoms with E-state index in [1.807, 2.05) is 42.5 Å². The molecule has 0 unspecified atom stereocenters. The first-order valence-corrected chi connectivity index (χ1v) is 9.82. The van der Waals surface area contributed by atoms with Crippen LogP contribution in [0.1, 0.15) is 28.5 Å². The zero-order valence-corrected chi connectivity index (χ0v) is 16.9. The van der Waals surface area contributed by atoms with Crippen molar-refractivity contribution in [1.29, 1.82) is 0 Å². The third kappa shape index (κ3) is 3.98. The molecule has 7 heteroatoms. The van der Waals surface area contributed by atoms with Crippen molar-refractivity contribution in [2.75, 3.05) is 6.61 Å².